The molecule has 0 aliphatic carbocycles. The van der Waals surface area contributed by atoms with Crippen molar-refractivity contribution in [2.24, 2.45) is 11.8 Å². The highest BCUT2D eigenvalue weighted by Crippen LogP contribution is 2.32. The van der Waals surface area contributed by atoms with Crippen LogP contribution in [0.25, 0.3) is 0 Å². The molecule has 2 aliphatic heterocycles. The van der Waals surface area contributed by atoms with Crippen LogP contribution in [0.3, 0.4) is 0 Å². The number of piperidine rings is 2. The van der Waals surface area contributed by atoms with Gasteiger partial charge in [0.15, 0.2) is 0 Å². The maximum absolute atomic E-state index is 4.58. The van der Waals surface area contributed by atoms with Crippen molar-refractivity contribution in [2.75, 3.05) is 39.8 Å². The van der Waals surface area contributed by atoms with E-state index in [1.54, 1.807) is 11.3 Å². The van der Waals surface area contributed by atoms with Gasteiger partial charge in [-0.25, -0.2) is 4.98 Å². The average molecular weight is 308 g/mol. The maximum Gasteiger partial charge on any atom is 0.0897 e. The fourth-order valence-corrected chi connectivity index (χ4v) is 4.59. The van der Waals surface area contributed by atoms with Gasteiger partial charge in [-0.2, -0.15) is 0 Å². The lowest BCUT2D eigenvalue weighted by Gasteiger charge is -2.39. The molecule has 21 heavy (non-hydrogen) atoms. The van der Waals surface area contributed by atoms with Crippen molar-refractivity contribution in [1.29, 1.82) is 0 Å². The van der Waals surface area contributed by atoms with Crippen LogP contribution in [0.1, 0.15) is 36.4 Å². The Balaban J connectivity index is 1.38. The molecule has 1 aromatic rings. The highest BCUT2D eigenvalue weighted by molar-refractivity contribution is 7.09. The van der Waals surface area contributed by atoms with E-state index >= 15 is 0 Å². The highest BCUT2D eigenvalue weighted by atomic mass is 32.1. The summed E-state index contributed by atoms with van der Waals surface area (Å²) in [7, 11) is 2.26. The number of rotatable bonds is 4. The standard InChI is InChI=1S/C17H29N3S/c1-14-18-17(13-21-14)7-12-20-10-5-16(6-11-20)15-3-8-19(2)9-4-15/h13,15-16H,3-12H2,1-2H3. The third-order valence-corrected chi connectivity index (χ3v) is 6.24. The summed E-state index contributed by atoms with van der Waals surface area (Å²) in [6, 6.07) is 0. The lowest BCUT2D eigenvalue weighted by molar-refractivity contribution is 0.106. The first-order valence-corrected chi connectivity index (χ1v) is 9.40. The number of hydrogen-bond donors (Lipinski definition) is 0. The topological polar surface area (TPSA) is 19.4 Å². The minimum Gasteiger partial charge on any atom is -0.306 e. The Bertz CT molecular complexity index is 429. The molecule has 0 atom stereocenters. The molecule has 2 fully saturated rings. The van der Waals surface area contributed by atoms with E-state index in [-0.39, 0.29) is 0 Å². The first-order valence-electron chi connectivity index (χ1n) is 8.52. The van der Waals surface area contributed by atoms with E-state index in [1.165, 1.54) is 69.1 Å². The van der Waals surface area contributed by atoms with Crippen molar-refractivity contribution < 1.29 is 0 Å². The molecule has 1 aromatic heterocycles. The maximum atomic E-state index is 4.58. The van der Waals surface area contributed by atoms with Gasteiger partial charge < -0.3 is 9.80 Å². The molecule has 3 heterocycles. The van der Waals surface area contributed by atoms with Crippen molar-refractivity contribution in [3.63, 3.8) is 0 Å². The molecule has 0 N–H and O–H groups in total. The molecule has 4 heteroatoms. The monoisotopic (exact) mass is 307 g/mol. The molecule has 2 aliphatic rings. The molecule has 0 amide bonds. The van der Waals surface area contributed by atoms with E-state index in [0.29, 0.717) is 0 Å². The van der Waals surface area contributed by atoms with Crippen LogP contribution in [-0.4, -0.2) is 54.6 Å². The van der Waals surface area contributed by atoms with Crippen LogP contribution >= 0.6 is 11.3 Å². The minimum absolute atomic E-state index is 0.997. The van der Waals surface area contributed by atoms with Crippen molar-refractivity contribution in [3.8, 4) is 0 Å². The molecule has 2 saturated heterocycles. The summed E-state index contributed by atoms with van der Waals surface area (Å²) in [5, 5.41) is 3.42. The molecule has 0 spiro atoms. The SMILES string of the molecule is Cc1nc(CCN2CCC(C3CCN(C)CC3)CC2)cs1. The number of aryl methyl sites for hydroxylation is 1. The van der Waals surface area contributed by atoms with Gasteiger partial charge in [-0.1, -0.05) is 0 Å². The molecular weight excluding hydrogens is 278 g/mol. The smallest absolute Gasteiger partial charge is 0.0897 e. The third kappa shape index (κ3) is 4.27. The first kappa shape index (κ1) is 15.4. The zero-order valence-electron chi connectivity index (χ0n) is 13.6. The van der Waals surface area contributed by atoms with Crippen LogP contribution in [-0.2, 0) is 6.42 Å². The number of nitrogens with zero attached hydrogens (tertiary/aromatic N) is 3. The largest absolute Gasteiger partial charge is 0.306 e. The van der Waals surface area contributed by atoms with Gasteiger partial charge in [0, 0.05) is 18.3 Å². The van der Waals surface area contributed by atoms with Gasteiger partial charge in [0.25, 0.3) is 0 Å². The van der Waals surface area contributed by atoms with Gasteiger partial charge in [-0.15, -0.1) is 11.3 Å². The lowest BCUT2D eigenvalue weighted by atomic mass is 9.79. The summed E-state index contributed by atoms with van der Waals surface area (Å²) in [5.74, 6) is 2.00. The van der Waals surface area contributed by atoms with Crippen molar-refractivity contribution in [3.05, 3.63) is 16.1 Å². The predicted octanol–water partition coefficient (Wildman–Crippen LogP) is 3.05. The van der Waals surface area contributed by atoms with E-state index in [2.05, 4.69) is 34.1 Å². The molecule has 0 unspecified atom stereocenters. The van der Waals surface area contributed by atoms with Gasteiger partial charge in [0.1, 0.15) is 0 Å². The van der Waals surface area contributed by atoms with Gasteiger partial charge in [-0.05, 0) is 77.7 Å². The number of thiazole rings is 1. The Morgan fingerprint density at radius 2 is 1.71 bits per heavy atom. The van der Waals surface area contributed by atoms with E-state index in [1.807, 2.05) is 0 Å². The summed E-state index contributed by atoms with van der Waals surface area (Å²) in [5.41, 5.74) is 1.29. The minimum atomic E-state index is 0.997. The number of hydrogen-bond acceptors (Lipinski definition) is 4. The molecule has 0 radical (unpaired) electrons. The number of aromatic nitrogens is 1. The lowest BCUT2D eigenvalue weighted by Crippen LogP contribution is -2.40. The normalized spacial score (nSPS) is 23.7. The van der Waals surface area contributed by atoms with Gasteiger partial charge in [-0.3, -0.25) is 0 Å². The third-order valence-electron chi connectivity index (χ3n) is 5.41. The average Bonchev–Trinajstić information content (AvgIpc) is 2.92. The van der Waals surface area contributed by atoms with Crippen LogP contribution in [0.4, 0.5) is 0 Å². The molecule has 0 saturated carbocycles. The predicted molar refractivity (Wildman–Crippen MR) is 89.9 cm³/mol. The highest BCUT2D eigenvalue weighted by Gasteiger charge is 2.28. The Morgan fingerprint density at radius 1 is 1.10 bits per heavy atom. The zero-order valence-corrected chi connectivity index (χ0v) is 14.4. The van der Waals surface area contributed by atoms with Gasteiger partial charge in [0.05, 0.1) is 10.7 Å². The fourth-order valence-electron chi connectivity index (χ4n) is 3.94. The van der Waals surface area contributed by atoms with Crippen LogP contribution in [0.5, 0.6) is 0 Å². The molecule has 3 nitrogen and oxygen atoms in total. The van der Waals surface area contributed by atoms with Crippen LogP contribution in [0, 0.1) is 18.8 Å². The Morgan fingerprint density at radius 3 is 2.29 bits per heavy atom. The summed E-state index contributed by atoms with van der Waals surface area (Å²) >= 11 is 1.78. The Hall–Kier alpha value is -0.450. The Kier molecular flexibility index (Phi) is 5.30. The summed E-state index contributed by atoms with van der Waals surface area (Å²) in [6.07, 6.45) is 6.83. The first-order chi connectivity index (χ1) is 10.2. The van der Waals surface area contributed by atoms with Gasteiger partial charge in [0.2, 0.25) is 0 Å². The van der Waals surface area contributed by atoms with E-state index in [9.17, 15) is 0 Å². The summed E-state index contributed by atoms with van der Waals surface area (Å²) in [4.78, 5) is 9.72. The zero-order chi connectivity index (χ0) is 14.7. The quantitative estimate of drug-likeness (QED) is 0.852. The summed E-state index contributed by atoms with van der Waals surface area (Å²) < 4.78 is 0. The van der Waals surface area contributed by atoms with E-state index in [4.69, 9.17) is 0 Å². The molecular formula is C17H29N3S. The van der Waals surface area contributed by atoms with Crippen LogP contribution < -0.4 is 0 Å². The number of likely N-dealkylation sites (tertiary alicyclic amines) is 2. The Labute approximate surface area is 133 Å². The second-order valence-corrected chi connectivity index (χ2v) is 7.99. The van der Waals surface area contributed by atoms with E-state index in [0.717, 1.165) is 18.3 Å². The second-order valence-electron chi connectivity index (χ2n) is 6.93. The van der Waals surface area contributed by atoms with E-state index < -0.39 is 0 Å². The van der Waals surface area contributed by atoms with Crippen molar-refractivity contribution >= 4 is 11.3 Å². The van der Waals surface area contributed by atoms with Crippen LogP contribution in [0.2, 0.25) is 0 Å². The summed E-state index contributed by atoms with van der Waals surface area (Å²) in [6.45, 7) is 8.53. The molecule has 118 valence electrons. The molecule has 0 bridgehead atoms. The van der Waals surface area contributed by atoms with Crippen molar-refractivity contribution in [1.82, 2.24) is 14.8 Å². The molecule has 3 rings (SSSR count). The second kappa shape index (κ2) is 7.21. The fraction of sp³-hybridized carbons (Fsp3) is 0.824. The van der Waals surface area contributed by atoms with Gasteiger partial charge >= 0.3 is 0 Å². The van der Waals surface area contributed by atoms with Crippen LogP contribution in [0.15, 0.2) is 5.38 Å². The van der Waals surface area contributed by atoms with Crippen molar-refractivity contribution in [2.45, 2.75) is 39.0 Å². The molecule has 0 aromatic carbocycles.